The van der Waals surface area contributed by atoms with Crippen LogP contribution in [-0.4, -0.2) is 41.9 Å². The van der Waals surface area contributed by atoms with Gasteiger partial charge in [0.05, 0.1) is 12.8 Å². The van der Waals surface area contributed by atoms with Gasteiger partial charge in [0.25, 0.3) is 11.6 Å². The van der Waals surface area contributed by atoms with E-state index in [0.717, 1.165) is 15.4 Å². The van der Waals surface area contributed by atoms with Gasteiger partial charge in [0, 0.05) is 11.8 Å². The summed E-state index contributed by atoms with van der Waals surface area (Å²) in [5.74, 6) is -2.35. The fraction of sp³-hybridized carbons (Fsp3) is 0.308. The number of esters is 1. The third kappa shape index (κ3) is 2.86. The van der Waals surface area contributed by atoms with Crippen LogP contribution in [0.4, 0.5) is 19.0 Å². The molecule has 132 valence electrons. The molecule has 0 spiro atoms. The molecule has 9 nitrogen and oxygen atoms in total. The average Bonchev–Trinajstić information content (AvgIpc) is 3.10. The lowest BCUT2D eigenvalue weighted by Gasteiger charge is -2.07. The van der Waals surface area contributed by atoms with E-state index in [0.29, 0.717) is 5.69 Å². The first-order valence-corrected chi connectivity index (χ1v) is 7.05. The SMILES string of the molecule is CCOC(=O)c1cnn(-c2cc(C)nc3nc(C(F)(F)F)nn23)c1N. The number of nitrogens with zero attached hydrogens (tertiary/aromatic N) is 6. The zero-order valence-electron chi connectivity index (χ0n) is 13.1. The second kappa shape index (κ2) is 5.72. The van der Waals surface area contributed by atoms with Gasteiger partial charge in [0.1, 0.15) is 11.4 Å². The number of halogens is 3. The first-order valence-electron chi connectivity index (χ1n) is 7.05. The lowest BCUT2D eigenvalue weighted by atomic mass is 10.3. The smallest absolute Gasteiger partial charge is 0.453 e. The average molecular weight is 355 g/mol. The predicted octanol–water partition coefficient (Wildman–Crippen LogP) is 1.40. The van der Waals surface area contributed by atoms with Gasteiger partial charge in [-0.3, -0.25) is 0 Å². The van der Waals surface area contributed by atoms with E-state index in [-0.39, 0.29) is 29.6 Å². The molecule has 3 heterocycles. The lowest BCUT2D eigenvalue weighted by Crippen LogP contribution is -2.13. The topological polar surface area (TPSA) is 113 Å². The maximum atomic E-state index is 12.9. The van der Waals surface area contributed by atoms with Crippen molar-refractivity contribution in [3.8, 4) is 5.82 Å². The molecule has 0 amide bonds. The van der Waals surface area contributed by atoms with Crippen molar-refractivity contribution in [3.05, 3.63) is 29.3 Å². The molecule has 0 bridgehead atoms. The van der Waals surface area contributed by atoms with E-state index in [4.69, 9.17) is 10.5 Å². The highest BCUT2D eigenvalue weighted by molar-refractivity contribution is 5.94. The summed E-state index contributed by atoms with van der Waals surface area (Å²) >= 11 is 0. The highest BCUT2D eigenvalue weighted by atomic mass is 19.4. The van der Waals surface area contributed by atoms with E-state index in [2.05, 4.69) is 20.2 Å². The van der Waals surface area contributed by atoms with E-state index in [1.807, 2.05) is 0 Å². The number of alkyl halides is 3. The van der Waals surface area contributed by atoms with Crippen LogP contribution in [0.15, 0.2) is 12.3 Å². The summed E-state index contributed by atoms with van der Waals surface area (Å²) < 4.78 is 45.4. The van der Waals surface area contributed by atoms with Crippen molar-refractivity contribution in [1.82, 2.24) is 29.4 Å². The van der Waals surface area contributed by atoms with Gasteiger partial charge in [-0.25, -0.2) is 9.78 Å². The van der Waals surface area contributed by atoms with E-state index in [9.17, 15) is 18.0 Å². The minimum absolute atomic E-state index is 0.0133. The number of rotatable bonds is 3. The van der Waals surface area contributed by atoms with Crippen LogP contribution in [0.25, 0.3) is 11.6 Å². The maximum Gasteiger partial charge on any atom is 0.453 e. The van der Waals surface area contributed by atoms with Gasteiger partial charge >= 0.3 is 12.1 Å². The molecular weight excluding hydrogens is 343 g/mol. The zero-order valence-corrected chi connectivity index (χ0v) is 13.1. The Bertz CT molecular complexity index is 961. The summed E-state index contributed by atoms with van der Waals surface area (Å²) in [5.41, 5.74) is 6.25. The van der Waals surface area contributed by atoms with Crippen LogP contribution in [0.5, 0.6) is 0 Å². The third-order valence-electron chi connectivity index (χ3n) is 3.19. The van der Waals surface area contributed by atoms with Gasteiger partial charge in [-0.1, -0.05) is 0 Å². The second-order valence-corrected chi connectivity index (χ2v) is 4.98. The molecule has 0 unspecified atom stereocenters. The summed E-state index contributed by atoms with van der Waals surface area (Å²) in [6, 6.07) is 1.42. The van der Waals surface area contributed by atoms with Crippen LogP contribution >= 0.6 is 0 Å². The Kier molecular flexibility index (Phi) is 3.81. The number of nitrogen functional groups attached to an aromatic ring is 1. The number of aromatic nitrogens is 6. The molecule has 3 rings (SSSR count). The number of fused-ring (bicyclic) bond motifs is 1. The van der Waals surface area contributed by atoms with Crippen molar-refractivity contribution in [2.24, 2.45) is 0 Å². The first-order chi connectivity index (χ1) is 11.7. The van der Waals surface area contributed by atoms with Crippen molar-refractivity contribution in [3.63, 3.8) is 0 Å². The molecule has 0 aliphatic rings. The molecule has 0 aromatic carbocycles. The van der Waals surface area contributed by atoms with Crippen molar-refractivity contribution in [2.75, 3.05) is 12.3 Å². The second-order valence-electron chi connectivity index (χ2n) is 4.98. The van der Waals surface area contributed by atoms with E-state index < -0.39 is 18.0 Å². The molecule has 25 heavy (non-hydrogen) atoms. The lowest BCUT2D eigenvalue weighted by molar-refractivity contribution is -0.144. The van der Waals surface area contributed by atoms with E-state index in [1.54, 1.807) is 13.8 Å². The third-order valence-corrected chi connectivity index (χ3v) is 3.19. The molecule has 0 atom stereocenters. The van der Waals surface area contributed by atoms with Crippen molar-refractivity contribution < 1.29 is 22.7 Å². The predicted molar refractivity (Wildman–Crippen MR) is 78.0 cm³/mol. The van der Waals surface area contributed by atoms with Gasteiger partial charge < -0.3 is 10.5 Å². The molecule has 0 aliphatic heterocycles. The fourth-order valence-electron chi connectivity index (χ4n) is 2.15. The fourth-order valence-corrected chi connectivity index (χ4v) is 2.15. The number of carbonyl (C=O) groups is 1. The van der Waals surface area contributed by atoms with E-state index in [1.165, 1.54) is 6.07 Å². The largest absolute Gasteiger partial charge is 0.462 e. The summed E-state index contributed by atoms with van der Waals surface area (Å²) in [4.78, 5) is 19.1. The Balaban J connectivity index is 2.19. The molecular formula is C13H12F3N7O2. The van der Waals surface area contributed by atoms with Gasteiger partial charge in [-0.05, 0) is 13.8 Å². The van der Waals surface area contributed by atoms with Crippen LogP contribution < -0.4 is 5.73 Å². The number of carbonyl (C=O) groups excluding carboxylic acids is 1. The molecule has 3 aromatic rings. The number of ether oxygens (including phenoxy) is 1. The summed E-state index contributed by atoms with van der Waals surface area (Å²) in [6.07, 6.45) is -3.57. The summed E-state index contributed by atoms with van der Waals surface area (Å²) in [5, 5.41) is 7.36. The summed E-state index contributed by atoms with van der Waals surface area (Å²) in [6.45, 7) is 3.33. The Labute approximate surface area is 138 Å². The van der Waals surface area contributed by atoms with Crippen LogP contribution in [0.3, 0.4) is 0 Å². The number of hydrogen-bond donors (Lipinski definition) is 1. The van der Waals surface area contributed by atoms with Gasteiger partial charge in [-0.15, -0.1) is 5.10 Å². The number of aryl methyl sites for hydroxylation is 1. The number of hydrogen-bond acceptors (Lipinski definition) is 7. The Hall–Kier alpha value is -3.18. The zero-order chi connectivity index (χ0) is 18.4. The Morgan fingerprint density at radius 3 is 2.72 bits per heavy atom. The molecule has 3 aromatic heterocycles. The van der Waals surface area contributed by atoms with Gasteiger partial charge in [-0.2, -0.15) is 32.5 Å². The first kappa shape index (κ1) is 16.7. The molecule has 0 radical (unpaired) electrons. The van der Waals surface area contributed by atoms with Crippen LogP contribution in [0.2, 0.25) is 0 Å². The molecule has 0 saturated carbocycles. The molecule has 0 aliphatic carbocycles. The highest BCUT2D eigenvalue weighted by Crippen LogP contribution is 2.27. The monoisotopic (exact) mass is 355 g/mol. The van der Waals surface area contributed by atoms with Gasteiger partial charge in [0.2, 0.25) is 0 Å². The summed E-state index contributed by atoms with van der Waals surface area (Å²) in [7, 11) is 0. The Morgan fingerprint density at radius 2 is 2.08 bits per heavy atom. The van der Waals surface area contributed by atoms with E-state index >= 15 is 0 Å². The minimum atomic E-state index is -4.73. The maximum absolute atomic E-state index is 12.9. The number of anilines is 1. The van der Waals surface area contributed by atoms with Crippen molar-refractivity contribution >= 4 is 17.6 Å². The normalized spacial score (nSPS) is 11.9. The molecule has 12 heteroatoms. The van der Waals surface area contributed by atoms with Crippen LogP contribution in [0.1, 0.15) is 28.8 Å². The highest BCUT2D eigenvalue weighted by Gasteiger charge is 2.37. The minimum Gasteiger partial charge on any atom is -0.462 e. The molecule has 2 N–H and O–H groups in total. The van der Waals surface area contributed by atoms with Crippen LogP contribution in [0, 0.1) is 6.92 Å². The quantitative estimate of drug-likeness (QED) is 0.706. The van der Waals surface area contributed by atoms with Crippen molar-refractivity contribution in [2.45, 2.75) is 20.0 Å². The van der Waals surface area contributed by atoms with Crippen molar-refractivity contribution in [1.29, 1.82) is 0 Å². The Morgan fingerprint density at radius 1 is 1.36 bits per heavy atom. The molecule has 0 saturated heterocycles. The van der Waals surface area contributed by atoms with Crippen LogP contribution in [-0.2, 0) is 10.9 Å². The molecule has 0 fully saturated rings. The van der Waals surface area contributed by atoms with Gasteiger partial charge in [0.15, 0.2) is 5.82 Å². The number of nitrogens with two attached hydrogens (primary N) is 1. The standard InChI is InChI=1S/C13H12F3N7O2/c1-3-25-10(24)7-5-18-22(9(7)17)8-4-6(2)19-12-20-11(13(14,15)16)21-23(8)12/h4-5H,3,17H2,1-2H3.